The Morgan fingerprint density at radius 3 is 2.31 bits per heavy atom. The molecule has 1 aromatic heterocycles. The van der Waals surface area contributed by atoms with Gasteiger partial charge in [0.05, 0.1) is 4.88 Å². The molecule has 2 aliphatic rings. The molecule has 0 bridgehead atoms. The molecule has 2 aliphatic heterocycles. The smallest absolute Gasteiger partial charge is 0.263 e. The molecule has 26 heavy (non-hydrogen) atoms. The Hall–Kier alpha value is -1.69. The van der Waals surface area contributed by atoms with Crippen LogP contribution in [0, 0.1) is 0 Å². The van der Waals surface area contributed by atoms with Crippen LogP contribution in [-0.2, 0) is 6.54 Å². The van der Waals surface area contributed by atoms with Crippen molar-refractivity contribution in [3.8, 4) is 0 Å². The molecule has 3 heterocycles. The summed E-state index contributed by atoms with van der Waals surface area (Å²) in [7, 11) is 0. The van der Waals surface area contributed by atoms with Gasteiger partial charge in [-0.15, -0.1) is 11.3 Å². The summed E-state index contributed by atoms with van der Waals surface area (Å²) in [5.41, 5.74) is 1.40. The van der Waals surface area contributed by atoms with Crippen molar-refractivity contribution in [1.82, 2.24) is 14.7 Å². The van der Waals surface area contributed by atoms with Crippen molar-refractivity contribution in [2.75, 3.05) is 39.3 Å². The highest BCUT2D eigenvalue weighted by molar-refractivity contribution is 7.12. The van der Waals surface area contributed by atoms with Gasteiger partial charge in [-0.05, 0) is 29.9 Å². The van der Waals surface area contributed by atoms with Crippen molar-refractivity contribution in [3.05, 3.63) is 58.3 Å². The van der Waals surface area contributed by atoms with Gasteiger partial charge in [-0.25, -0.2) is 0 Å². The fraction of sp³-hybridized carbons (Fsp3) is 0.476. The Bertz CT molecular complexity index is 687. The molecular weight excluding hydrogens is 342 g/mol. The number of likely N-dealkylation sites (tertiary alicyclic amines) is 1. The fourth-order valence-corrected chi connectivity index (χ4v) is 4.81. The third kappa shape index (κ3) is 4.17. The molecule has 1 aromatic carbocycles. The summed E-state index contributed by atoms with van der Waals surface area (Å²) in [5, 5.41) is 1.98. The Labute approximate surface area is 160 Å². The monoisotopic (exact) mass is 369 g/mol. The molecule has 4 nitrogen and oxygen atoms in total. The summed E-state index contributed by atoms with van der Waals surface area (Å²) in [6, 6.07) is 15.3. The van der Waals surface area contributed by atoms with Gasteiger partial charge in [0.1, 0.15) is 0 Å². The zero-order chi connectivity index (χ0) is 17.8. The quantitative estimate of drug-likeness (QED) is 0.828. The lowest BCUT2D eigenvalue weighted by Gasteiger charge is -2.42. The lowest BCUT2D eigenvalue weighted by Crippen LogP contribution is -2.53. The number of piperazine rings is 1. The van der Waals surface area contributed by atoms with E-state index in [1.54, 1.807) is 11.3 Å². The second-order valence-electron chi connectivity index (χ2n) is 7.30. The minimum Gasteiger partial charge on any atom is -0.338 e. The first-order chi connectivity index (χ1) is 12.8. The van der Waals surface area contributed by atoms with Crippen LogP contribution in [-0.4, -0.2) is 65.9 Å². The Morgan fingerprint density at radius 1 is 0.923 bits per heavy atom. The van der Waals surface area contributed by atoms with E-state index >= 15 is 0 Å². The van der Waals surface area contributed by atoms with E-state index < -0.39 is 0 Å². The van der Waals surface area contributed by atoms with Crippen molar-refractivity contribution in [2.45, 2.75) is 25.4 Å². The van der Waals surface area contributed by atoms with Gasteiger partial charge in [0.15, 0.2) is 0 Å². The number of carbonyl (C=O) groups is 1. The summed E-state index contributed by atoms with van der Waals surface area (Å²) in [5.74, 6) is 0.214. The molecule has 0 atom stereocenters. The summed E-state index contributed by atoms with van der Waals surface area (Å²) in [6.07, 6.45) is 2.21. The van der Waals surface area contributed by atoms with E-state index in [0.29, 0.717) is 6.04 Å². The van der Waals surface area contributed by atoms with Gasteiger partial charge in [0.2, 0.25) is 0 Å². The minimum absolute atomic E-state index is 0.214. The maximum Gasteiger partial charge on any atom is 0.263 e. The first-order valence-corrected chi connectivity index (χ1v) is 10.5. The highest BCUT2D eigenvalue weighted by Gasteiger charge is 2.29. The molecule has 0 radical (unpaired) electrons. The molecule has 2 saturated heterocycles. The molecule has 0 spiro atoms. The van der Waals surface area contributed by atoms with Gasteiger partial charge in [-0.2, -0.15) is 0 Å². The van der Waals surface area contributed by atoms with E-state index in [1.165, 1.54) is 5.56 Å². The van der Waals surface area contributed by atoms with Gasteiger partial charge in [0.25, 0.3) is 5.91 Å². The molecular formula is C21H27N3OS. The number of hydrogen-bond acceptors (Lipinski definition) is 4. The number of rotatable bonds is 4. The Morgan fingerprint density at radius 2 is 1.65 bits per heavy atom. The number of benzene rings is 1. The normalized spacial score (nSPS) is 20.4. The molecule has 2 aromatic rings. The molecule has 0 saturated carbocycles. The third-order valence-corrected chi connectivity index (χ3v) is 6.51. The van der Waals surface area contributed by atoms with E-state index in [4.69, 9.17) is 0 Å². The second kappa shape index (κ2) is 8.33. The predicted octanol–water partition coefficient (Wildman–Crippen LogP) is 3.17. The minimum atomic E-state index is 0.214. The number of hydrogen-bond donors (Lipinski definition) is 0. The largest absolute Gasteiger partial charge is 0.338 e. The zero-order valence-electron chi connectivity index (χ0n) is 15.2. The van der Waals surface area contributed by atoms with Gasteiger partial charge in [0, 0.05) is 51.9 Å². The van der Waals surface area contributed by atoms with Crippen LogP contribution in [0.4, 0.5) is 0 Å². The van der Waals surface area contributed by atoms with Crippen molar-refractivity contribution in [1.29, 1.82) is 0 Å². The van der Waals surface area contributed by atoms with Gasteiger partial charge in [-0.3, -0.25) is 14.6 Å². The van der Waals surface area contributed by atoms with Crippen molar-refractivity contribution < 1.29 is 4.79 Å². The number of piperidine rings is 1. The molecule has 0 unspecified atom stereocenters. The number of amides is 1. The van der Waals surface area contributed by atoms with Crippen LogP contribution < -0.4 is 0 Å². The van der Waals surface area contributed by atoms with Gasteiger partial charge < -0.3 is 4.90 Å². The first kappa shape index (κ1) is 17.7. The van der Waals surface area contributed by atoms with Gasteiger partial charge in [-0.1, -0.05) is 36.4 Å². The van der Waals surface area contributed by atoms with Crippen LogP contribution in [0.15, 0.2) is 47.8 Å². The Kier molecular flexibility index (Phi) is 5.68. The molecule has 1 amide bonds. The van der Waals surface area contributed by atoms with Crippen LogP contribution in [0.3, 0.4) is 0 Å². The third-order valence-electron chi connectivity index (χ3n) is 5.66. The average Bonchev–Trinajstić information content (AvgIpc) is 3.24. The SMILES string of the molecule is O=C(c1cccs1)N1CCC(N2CCN(Cc3ccccc3)CC2)CC1. The highest BCUT2D eigenvalue weighted by atomic mass is 32.1. The number of thiophene rings is 1. The molecule has 2 fully saturated rings. The average molecular weight is 370 g/mol. The highest BCUT2D eigenvalue weighted by Crippen LogP contribution is 2.21. The first-order valence-electron chi connectivity index (χ1n) is 9.63. The molecule has 0 N–H and O–H groups in total. The van der Waals surface area contributed by atoms with Crippen molar-refractivity contribution >= 4 is 17.2 Å². The lowest BCUT2D eigenvalue weighted by molar-refractivity contribution is 0.0471. The summed E-state index contributed by atoms with van der Waals surface area (Å²) in [4.78, 5) is 20.6. The van der Waals surface area contributed by atoms with Crippen molar-refractivity contribution in [3.63, 3.8) is 0 Å². The van der Waals surface area contributed by atoms with Crippen LogP contribution in [0.5, 0.6) is 0 Å². The maximum atomic E-state index is 12.5. The maximum absolute atomic E-state index is 12.5. The van der Waals surface area contributed by atoms with E-state index in [0.717, 1.165) is 63.5 Å². The molecule has 5 heteroatoms. The van der Waals surface area contributed by atoms with Crippen molar-refractivity contribution in [2.24, 2.45) is 0 Å². The van der Waals surface area contributed by atoms with E-state index in [2.05, 4.69) is 40.1 Å². The van der Waals surface area contributed by atoms with Gasteiger partial charge >= 0.3 is 0 Å². The van der Waals surface area contributed by atoms with Crippen LogP contribution in [0.2, 0.25) is 0 Å². The Balaban J connectivity index is 1.23. The standard InChI is InChI=1S/C21H27N3OS/c25-21(20-7-4-16-26-20)24-10-8-19(9-11-24)23-14-12-22(13-15-23)17-18-5-2-1-3-6-18/h1-7,16,19H,8-15,17H2. The van der Waals surface area contributed by atoms with Crippen LogP contribution in [0.1, 0.15) is 28.1 Å². The van der Waals surface area contributed by atoms with E-state index in [1.807, 2.05) is 22.4 Å². The summed E-state index contributed by atoms with van der Waals surface area (Å²) >= 11 is 1.55. The summed E-state index contributed by atoms with van der Waals surface area (Å²) < 4.78 is 0. The number of carbonyl (C=O) groups excluding carboxylic acids is 1. The zero-order valence-corrected chi connectivity index (χ0v) is 16.0. The second-order valence-corrected chi connectivity index (χ2v) is 8.25. The van der Waals surface area contributed by atoms with E-state index in [9.17, 15) is 4.79 Å². The fourth-order valence-electron chi connectivity index (χ4n) is 4.12. The van der Waals surface area contributed by atoms with E-state index in [-0.39, 0.29) is 5.91 Å². The van der Waals surface area contributed by atoms with Crippen LogP contribution >= 0.6 is 11.3 Å². The summed E-state index contributed by atoms with van der Waals surface area (Å²) in [6.45, 7) is 7.43. The molecule has 138 valence electrons. The lowest BCUT2D eigenvalue weighted by atomic mass is 10.0. The predicted molar refractivity (Wildman–Crippen MR) is 107 cm³/mol. The molecule has 4 rings (SSSR count). The number of nitrogens with zero attached hydrogens (tertiary/aromatic N) is 3. The topological polar surface area (TPSA) is 26.8 Å². The van der Waals surface area contributed by atoms with Crippen LogP contribution in [0.25, 0.3) is 0 Å². The molecule has 0 aliphatic carbocycles.